The summed E-state index contributed by atoms with van der Waals surface area (Å²) < 4.78 is 11.0. The van der Waals surface area contributed by atoms with E-state index in [9.17, 15) is 14.4 Å². The fraction of sp³-hybridized carbons (Fsp3) is 0.318. The van der Waals surface area contributed by atoms with E-state index in [4.69, 9.17) is 9.47 Å². The van der Waals surface area contributed by atoms with Gasteiger partial charge in [-0.2, -0.15) is 0 Å². The largest absolute Gasteiger partial charge is 0.475 e. The van der Waals surface area contributed by atoms with Crippen molar-refractivity contribution in [2.24, 2.45) is 0 Å². The number of carbonyl (C=O) groups excluding carboxylic acids is 3. The first-order chi connectivity index (χ1) is 13.8. The molecule has 1 aliphatic heterocycles. The molecular formula is C22H24N2O5. The van der Waals surface area contributed by atoms with Crippen LogP contribution in [-0.4, -0.2) is 36.5 Å². The standard InChI is InChI=1S/C22H24N2O5/c1-13-8-7-9-14(2)20(13)23-21(26)15(3)28-22(27)19-12-24(16(4)25)17-10-5-6-11-18(17)29-19/h5-11,15,19H,12H2,1-4H3,(H,23,26)/t15-,19-/m0/s1. The maximum absolute atomic E-state index is 12.6. The highest BCUT2D eigenvalue weighted by atomic mass is 16.6. The lowest BCUT2D eigenvalue weighted by molar-refractivity contribution is -0.160. The lowest BCUT2D eigenvalue weighted by Gasteiger charge is -2.33. The summed E-state index contributed by atoms with van der Waals surface area (Å²) in [7, 11) is 0. The van der Waals surface area contributed by atoms with Gasteiger partial charge in [-0.1, -0.05) is 30.3 Å². The molecule has 29 heavy (non-hydrogen) atoms. The molecule has 1 heterocycles. The van der Waals surface area contributed by atoms with Crippen LogP contribution >= 0.6 is 0 Å². The predicted molar refractivity (Wildman–Crippen MR) is 109 cm³/mol. The summed E-state index contributed by atoms with van der Waals surface area (Å²) in [5.41, 5.74) is 3.14. The molecule has 0 aliphatic carbocycles. The van der Waals surface area contributed by atoms with Gasteiger partial charge in [-0.05, 0) is 44.0 Å². The Morgan fingerprint density at radius 1 is 1.10 bits per heavy atom. The number of benzene rings is 2. The van der Waals surface area contributed by atoms with Crippen molar-refractivity contribution in [2.75, 3.05) is 16.8 Å². The third kappa shape index (κ3) is 4.39. The number of hydrogen-bond donors (Lipinski definition) is 1. The average Bonchev–Trinajstić information content (AvgIpc) is 2.69. The Labute approximate surface area is 169 Å². The Bertz CT molecular complexity index is 936. The molecule has 1 aliphatic rings. The van der Waals surface area contributed by atoms with Crippen molar-refractivity contribution in [3.8, 4) is 5.75 Å². The smallest absolute Gasteiger partial charge is 0.350 e. The molecular weight excluding hydrogens is 372 g/mol. The Morgan fingerprint density at radius 3 is 2.41 bits per heavy atom. The van der Waals surface area contributed by atoms with Gasteiger partial charge < -0.3 is 19.7 Å². The molecule has 2 aromatic rings. The minimum atomic E-state index is -1.02. The number of rotatable bonds is 4. The summed E-state index contributed by atoms with van der Waals surface area (Å²) in [5, 5.41) is 2.81. The maximum Gasteiger partial charge on any atom is 0.350 e. The van der Waals surface area contributed by atoms with Crippen LogP contribution in [0.1, 0.15) is 25.0 Å². The summed E-state index contributed by atoms with van der Waals surface area (Å²) in [6, 6.07) is 12.7. The third-order valence-electron chi connectivity index (χ3n) is 4.81. The second-order valence-corrected chi connectivity index (χ2v) is 7.04. The fourth-order valence-electron chi connectivity index (χ4n) is 3.20. The van der Waals surface area contributed by atoms with E-state index in [2.05, 4.69) is 5.32 Å². The predicted octanol–water partition coefficient (Wildman–Crippen LogP) is 2.99. The zero-order valence-electron chi connectivity index (χ0n) is 16.9. The first kappa shape index (κ1) is 20.4. The summed E-state index contributed by atoms with van der Waals surface area (Å²) in [6.45, 7) is 6.73. The second kappa shape index (κ2) is 8.34. The van der Waals surface area contributed by atoms with Gasteiger partial charge in [-0.25, -0.2) is 4.79 Å². The van der Waals surface area contributed by atoms with E-state index in [1.54, 1.807) is 24.3 Å². The molecule has 0 aromatic heterocycles. The van der Waals surface area contributed by atoms with E-state index < -0.39 is 24.1 Å². The lowest BCUT2D eigenvalue weighted by Crippen LogP contribution is -2.48. The molecule has 7 heteroatoms. The summed E-state index contributed by atoms with van der Waals surface area (Å²) in [5.74, 6) is -0.923. The van der Waals surface area contributed by atoms with Crippen LogP contribution in [0.2, 0.25) is 0 Å². The molecule has 3 rings (SSSR count). The van der Waals surface area contributed by atoms with E-state index in [-0.39, 0.29) is 12.5 Å². The zero-order valence-corrected chi connectivity index (χ0v) is 16.9. The van der Waals surface area contributed by atoms with Crippen LogP contribution in [0.3, 0.4) is 0 Å². The van der Waals surface area contributed by atoms with Crippen molar-refractivity contribution >= 4 is 29.2 Å². The number of carbonyl (C=O) groups is 3. The molecule has 0 saturated heterocycles. The van der Waals surface area contributed by atoms with Crippen LogP contribution in [0.5, 0.6) is 5.75 Å². The Hall–Kier alpha value is -3.35. The molecule has 0 radical (unpaired) electrons. The van der Waals surface area contributed by atoms with Gasteiger partial charge in [0.05, 0.1) is 12.2 Å². The van der Waals surface area contributed by atoms with E-state index >= 15 is 0 Å². The Balaban J connectivity index is 1.68. The first-order valence-corrected chi connectivity index (χ1v) is 9.39. The molecule has 152 valence electrons. The van der Waals surface area contributed by atoms with Crippen molar-refractivity contribution in [1.29, 1.82) is 0 Å². The molecule has 1 N–H and O–H groups in total. The summed E-state index contributed by atoms with van der Waals surface area (Å²) in [4.78, 5) is 38.6. The number of fused-ring (bicyclic) bond motifs is 1. The minimum absolute atomic E-state index is 0.0242. The quantitative estimate of drug-likeness (QED) is 0.803. The molecule has 0 bridgehead atoms. The average molecular weight is 396 g/mol. The van der Waals surface area contributed by atoms with Crippen molar-refractivity contribution in [3.63, 3.8) is 0 Å². The van der Waals surface area contributed by atoms with Crippen LogP contribution in [0, 0.1) is 13.8 Å². The van der Waals surface area contributed by atoms with Gasteiger partial charge in [0.15, 0.2) is 6.10 Å². The van der Waals surface area contributed by atoms with E-state index in [1.807, 2.05) is 32.0 Å². The monoisotopic (exact) mass is 396 g/mol. The molecule has 0 spiro atoms. The lowest BCUT2D eigenvalue weighted by atomic mass is 10.1. The normalized spacial score (nSPS) is 16.3. The molecule has 0 saturated carbocycles. The molecule has 2 atom stereocenters. The number of para-hydroxylation sites is 3. The minimum Gasteiger partial charge on any atom is -0.475 e. The highest BCUT2D eigenvalue weighted by molar-refractivity contribution is 5.97. The van der Waals surface area contributed by atoms with Gasteiger partial charge in [-0.3, -0.25) is 9.59 Å². The highest BCUT2D eigenvalue weighted by Gasteiger charge is 2.35. The van der Waals surface area contributed by atoms with E-state index in [0.717, 1.165) is 11.1 Å². The molecule has 0 fully saturated rings. The number of anilines is 2. The van der Waals surface area contributed by atoms with Gasteiger partial charge in [-0.15, -0.1) is 0 Å². The second-order valence-electron chi connectivity index (χ2n) is 7.04. The van der Waals surface area contributed by atoms with Gasteiger partial charge in [0.25, 0.3) is 5.91 Å². The topological polar surface area (TPSA) is 84.9 Å². The number of ether oxygens (including phenoxy) is 2. The Kier molecular flexibility index (Phi) is 5.87. The number of hydrogen-bond acceptors (Lipinski definition) is 5. The SMILES string of the molecule is CC(=O)N1C[C@@H](C(=O)O[C@@H](C)C(=O)Nc2c(C)cccc2C)Oc2ccccc21. The van der Waals surface area contributed by atoms with Gasteiger partial charge in [0, 0.05) is 12.6 Å². The van der Waals surface area contributed by atoms with Crippen LogP contribution in [0.4, 0.5) is 11.4 Å². The van der Waals surface area contributed by atoms with Crippen LogP contribution in [0.15, 0.2) is 42.5 Å². The van der Waals surface area contributed by atoms with Gasteiger partial charge >= 0.3 is 5.97 Å². The number of amides is 2. The number of nitrogens with zero attached hydrogens (tertiary/aromatic N) is 1. The number of aryl methyl sites for hydroxylation is 2. The molecule has 2 aromatic carbocycles. The third-order valence-corrected chi connectivity index (χ3v) is 4.81. The molecule has 2 amide bonds. The van der Waals surface area contributed by atoms with Crippen LogP contribution in [-0.2, 0) is 19.1 Å². The van der Waals surface area contributed by atoms with E-state index in [1.165, 1.54) is 18.7 Å². The van der Waals surface area contributed by atoms with Crippen LogP contribution < -0.4 is 15.0 Å². The molecule has 0 unspecified atom stereocenters. The maximum atomic E-state index is 12.6. The summed E-state index contributed by atoms with van der Waals surface area (Å²) in [6.07, 6.45) is -2.03. The van der Waals surface area contributed by atoms with Crippen molar-refractivity contribution < 1.29 is 23.9 Å². The van der Waals surface area contributed by atoms with Gasteiger partial charge in [0.1, 0.15) is 5.75 Å². The van der Waals surface area contributed by atoms with E-state index in [0.29, 0.717) is 17.1 Å². The fourth-order valence-corrected chi connectivity index (χ4v) is 3.20. The first-order valence-electron chi connectivity index (χ1n) is 9.39. The molecule has 7 nitrogen and oxygen atoms in total. The number of nitrogens with one attached hydrogen (secondary N) is 1. The van der Waals surface area contributed by atoms with Crippen molar-refractivity contribution in [3.05, 3.63) is 53.6 Å². The van der Waals surface area contributed by atoms with Crippen molar-refractivity contribution in [2.45, 2.75) is 39.9 Å². The zero-order chi connectivity index (χ0) is 21.1. The summed E-state index contributed by atoms with van der Waals surface area (Å²) >= 11 is 0. The van der Waals surface area contributed by atoms with Crippen molar-refractivity contribution in [1.82, 2.24) is 0 Å². The van der Waals surface area contributed by atoms with Gasteiger partial charge in [0.2, 0.25) is 12.0 Å². The number of esters is 1. The van der Waals surface area contributed by atoms with Crippen LogP contribution in [0.25, 0.3) is 0 Å². The Morgan fingerprint density at radius 2 is 1.76 bits per heavy atom. The highest BCUT2D eigenvalue weighted by Crippen LogP contribution is 2.33.